The van der Waals surface area contributed by atoms with E-state index >= 15 is 0 Å². The first-order valence-electron chi connectivity index (χ1n) is 3.78. The van der Waals surface area contributed by atoms with E-state index in [0.717, 1.165) is 0 Å². The lowest BCUT2D eigenvalue weighted by Gasteiger charge is -2.04. The van der Waals surface area contributed by atoms with Crippen LogP contribution in [0, 0.1) is 5.82 Å². The quantitative estimate of drug-likeness (QED) is 0.780. The van der Waals surface area contributed by atoms with Crippen molar-refractivity contribution in [3.63, 3.8) is 0 Å². The summed E-state index contributed by atoms with van der Waals surface area (Å²) in [6.45, 7) is 1.55. The SMILES string of the molecule is CC(=O)NCc1cccc(Cl)c1F. The van der Waals surface area contributed by atoms with Crippen molar-refractivity contribution in [2.24, 2.45) is 0 Å². The highest BCUT2D eigenvalue weighted by atomic mass is 35.5. The molecule has 1 aromatic carbocycles. The molecule has 0 heterocycles. The van der Waals surface area contributed by atoms with Crippen LogP contribution in [0.4, 0.5) is 4.39 Å². The Morgan fingerprint density at radius 2 is 2.31 bits per heavy atom. The fraction of sp³-hybridized carbons (Fsp3) is 0.222. The number of carbonyl (C=O) groups excluding carboxylic acids is 1. The highest BCUT2D eigenvalue weighted by Gasteiger charge is 2.05. The summed E-state index contributed by atoms with van der Waals surface area (Å²) < 4.78 is 13.2. The molecule has 13 heavy (non-hydrogen) atoms. The van der Waals surface area contributed by atoms with Crippen LogP contribution in [0.1, 0.15) is 12.5 Å². The van der Waals surface area contributed by atoms with Gasteiger partial charge in [-0.25, -0.2) is 4.39 Å². The summed E-state index contributed by atoms with van der Waals surface area (Å²) in [5.41, 5.74) is 0.391. The molecule has 0 bridgehead atoms. The summed E-state index contributed by atoms with van der Waals surface area (Å²) in [7, 11) is 0. The van der Waals surface area contributed by atoms with Gasteiger partial charge in [-0.2, -0.15) is 0 Å². The smallest absolute Gasteiger partial charge is 0.217 e. The van der Waals surface area contributed by atoms with Gasteiger partial charge in [0.1, 0.15) is 5.82 Å². The van der Waals surface area contributed by atoms with Crippen LogP contribution in [0.2, 0.25) is 5.02 Å². The van der Waals surface area contributed by atoms with Crippen molar-refractivity contribution in [3.8, 4) is 0 Å². The lowest BCUT2D eigenvalue weighted by Crippen LogP contribution is -2.19. The van der Waals surface area contributed by atoms with Gasteiger partial charge in [0.25, 0.3) is 0 Å². The van der Waals surface area contributed by atoms with Crippen LogP contribution in [-0.4, -0.2) is 5.91 Å². The van der Waals surface area contributed by atoms with E-state index < -0.39 is 5.82 Å². The molecule has 0 aliphatic heterocycles. The fourth-order valence-electron chi connectivity index (χ4n) is 0.905. The first kappa shape index (κ1) is 9.99. The molecule has 1 N–H and O–H groups in total. The van der Waals surface area contributed by atoms with E-state index in [1.807, 2.05) is 0 Å². The Balaban J connectivity index is 2.77. The second-order valence-electron chi connectivity index (χ2n) is 2.62. The Labute approximate surface area is 80.7 Å². The molecule has 0 aliphatic carbocycles. The minimum absolute atomic E-state index is 0.0721. The Kier molecular flexibility index (Phi) is 3.25. The monoisotopic (exact) mass is 201 g/mol. The number of hydrogen-bond acceptors (Lipinski definition) is 1. The van der Waals surface area contributed by atoms with E-state index in [2.05, 4.69) is 5.32 Å². The minimum atomic E-state index is -0.474. The second kappa shape index (κ2) is 4.23. The van der Waals surface area contributed by atoms with E-state index in [1.165, 1.54) is 13.0 Å². The highest BCUT2D eigenvalue weighted by Crippen LogP contribution is 2.17. The van der Waals surface area contributed by atoms with Gasteiger partial charge in [-0.15, -0.1) is 0 Å². The average Bonchev–Trinajstić information content (AvgIpc) is 2.07. The number of carbonyl (C=O) groups is 1. The van der Waals surface area contributed by atoms with Gasteiger partial charge in [-0.1, -0.05) is 23.7 Å². The molecule has 2 nitrogen and oxygen atoms in total. The van der Waals surface area contributed by atoms with E-state index in [1.54, 1.807) is 12.1 Å². The van der Waals surface area contributed by atoms with Crippen LogP contribution in [0.15, 0.2) is 18.2 Å². The zero-order chi connectivity index (χ0) is 9.84. The molecule has 70 valence electrons. The van der Waals surface area contributed by atoms with Gasteiger partial charge in [-0.3, -0.25) is 4.79 Å². The van der Waals surface area contributed by atoms with Crippen LogP contribution in [-0.2, 0) is 11.3 Å². The van der Waals surface area contributed by atoms with Crippen LogP contribution in [0.5, 0.6) is 0 Å². The summed E-state index contributed by atoms with van der Waals surface area (Å²) in [5, 5.41) is 2.56. The predicted octanol–water partition coefficient (Wildman–Crippen LogP) is 2.12. The van der Waals surface area contributed by atoms with Crippen molar-refractivity contribution in [2.75, 3.05) is 0 Å². The summed E-state index contributed by atoms with van der Waals surface area (Å²) in [6, 6.07) is 4.69. The number of benzene rings is 1. The van der Waals surface area contributed by atoms with Crippen molar-refractivity contribution in [2.45, 2.75) is 13.5 Å². The molecular formula is C9H9ClFNO. The number of halogens is 2. The van der Waals surface area contributed by atoms with E-state index in [4.69, 9.17) is 11.6 Å². The van der Waals surface area contributed by atoms with E-state index in [9.17, 15) is 9.18 Å². The zero-order valence-electron chi connectivity index (χ0n) is 7.10. The van der Waals surface area contributed by atoms with Gasteiger partial charge >= 0.3 is 0 Å². The lowest BCUT2D eigenvalue weighted by atomic mass is 10.2. The highest BCUT2D eigenvalue weighted by molar-refractivity contribution is 6.30. The molecule has 1 aromatic rings. The molecule has 4 heteroatoms. The summed E-state index contributed by atoms with van der Waals surface area (Å²) in [5.74, 6) is -0.669. The number of hydrogen-bond donors (Lipinski definition) is 1. The number of amides is 1. The largest absolute Gasteiger partial charge is 0.352 e. The third kappa shape index (κ3) is 2.70. The Morgan fingerprint density at radius 1 is 1.62 bits per heavy atom. The first-order chi connectivity index (χ1) is 6.11. The molecule has 1 rings (SSSR count). The average molecular weight is 202 g/mol. The summed E-state index contributed by atoms with van der Waals surface area (Å²) in [4.78, 5) is 10.5. The molecule has 0 fully saturated rings. The van der Waals surface area contributed by atoms with Gasteiger partial charge in [0.15, 0.2) is 0 Å². The summed E-state index contributed by atoms with van der Waals surface area (Å²) >= 11 is 5.54. The molecule has 0 unspecified atom stereocenters. The maximum Gasteiger partial charge on any atom is 0.217 e. The van der Waals surface area contributed by atoms with Crippen LogP contribution < -0.4 is 5.32 Å². The second-order valence-corrected chi connectivity index (χ2v) is 3.03. The minimum Gasteiger partial charge on any atom is -0.352 e. The molecule has 0 saturated carbocycles. The molecule has 0 spiro atoms. The van der Waals surface area contributed by atoms with Crippen molar-refractivity contribution in [1.82, 2.24) is 5.32 Å². The van der Waals surface area contributed by atoms with Crippen molar-refractivity contribution >= 4 is 17.5 Å². The topological polar surface area (TPSA) is 29.1 Å². The molecule has 0 radical (unpaired) electrons. The number of nitrogens with one attached hydrogen (secondary N) is 1. The van der Waals surface area contributed by atoms with Crippen LogP contribution >= 0.6 is 11.6 Å². The third-order valence-corrected chi connectivity index (χ3v) is 1.85. The van der Waals surface area contributed by atoms with Crippen LogP contribution in [0.25, 0.3) is 0 Å². The van der Waals surface area contributed by atoms with Gasteiger partial charge in [0.05, 0.1) is 5.02 Å². The summed E-state index contributed by atoms with van der Waals surface area (Å²) in [6.07, 6.45) is 0. The van der Waals surface area contributed by atoms with Gasteiger partial charge in [-0.05, 0) is 6.07 Å². The Hall–Kier alpha value is -1.09. The van der Waals surface area contributed by atoms with Gasteiger partial charge in [0.2, 0.25) is 5.91 Å². The maximum absolute atomic E-state index is 13.2. The normalized spacial score (nSPS) is 9.77. The molecular weight excluding hydrogens is 193 g/mol. The predicted molar refractivity (Wildman–Crippen MR) is 48.9 cm³/mol. The zero-order valence-corrected chi connectivity index (χ0v) is 7.86. The third-order valence-electron chi connectivity index (χ3n) is 1.56. The number of rotatable bonds is 2. The molecule has 0 saturated heterocycles. The van der Waals surface area contributed by atoms with Crippen LogP contribution in [0.3, 0.4) is 0 Å². The van der Waals surface area contributed by atoms with E-state index in [-0.39, 0.29) is 17.5 Å². The van der Waals surface area contributed by atoms with Gasteiger partial charge < -0.3 is 5.32 Å². The molecule has 0 aromatic heterocycles. The molecule has 0 atom stereocenters. The van der Waals surface area contributed by atoms with Gasteiger partial charge in [0, 0.05) is 19.0 Å². The van der Waals surface area contributed by atoms with Crippen molar-refractivity contribution < 1.29 is 9.18 Å². The van der Waals surface area contributed by atoms with Crippen molar-refractivity contribution in [3.05, 3.63) is 34.6 Å². The molecule has 1 amide bonds. The molecule has 0 aliphatic rings. The Bertz CT molecular complexity index is 327. The standard InChI is InChI=1S/C9H9ClFNO/c1-6(13)12-5-7-3-2-4-8(10)9(7)11/h2-4H,5H2,1H3,(H,12,13). The van der Waals surface area contributed by atoms with E-state index in [0.29, 0.717) is 5.56 Å². The first-order valence-corrected chi connectivity index (χ1v) is 4.16. The Morgan fingerprint density at radius 3 is 2.92 bits per heavy atom. The lowest BCUT2D eigenvalue weighted by molar-refractivity contribution is -0.119. The van der Waals surface area contributed by atoms with Crippen molar-refractivity contribution in [1.29, 1.82) is 0 Å². The maximum atomic E-state index is 13.2. The fourth-order valence-corrected chi connectivity index (χ4v) is 1.10.